The van der Waals surface area contributed by atoms with Crippen molar-refractivity contribution in [2.24, 2.45) is 0 Å². The third kappa shape index (κ3) is 5.73. The average molecular weight is 440 g/mol. The van der Waals surface area contributed by atoms with Crippen LogP contribution < -0.4 is 16.2 Å². The number of nitro benzene ring substituents is 1. The van der Waals surface area contributed by atoms with Crippen molar-refractivity contribution in [1.82, 2.24) is 15.2 Å². The van der Waals surface area contributed by atoms with Crippen molar-refractivity contribution >= 4 is 40.6 Å². The van der Waals surface area contributed by atoms with Gasteiger partial charge in [0.25, 0.3) is 11.2 Å². The highest BCUT2D eigenvalue weighted by Gasteiger charge is 2.14. The van der Waals surface area contributed by atoms with Gasteiger partial charge >= 0.3 is 0 Å². The molecule has 0 aliphatic carbocycles. The van der Waals surface area contributed by atoms with E-state index in [0.29, 0.717) is 11.3 Å². The minimum atomic E-state index is -0.559. The highest BCUT2D eigenvalue weighted by molar-refractivity contribution is 7.99. The highest BCUT2D eigenvalue weighted by atomic mass is 32.2. The Morgan fingerprint density at radius 3 is 2.61 bits per heavy atom. The Hall–Kier alpha value is -4.06. The van der Waals surface area contributed by atoms with E-state index in [0.717, 1.165) is 11.8 Å². The van der Waals surface area contributed by atoms with E-state index in [-0.39, 0.29) is 33.9 Å². The summed E-state index contributed by atoms with van der Waals surface area (Å²) >= 11 is 0.946. The number of hydrogen-bond donors (Lipinski definition) is 3. The second-order valence-corrected chi connectivity index (χ2v) is 7.14. The van der Waals surface area contributed by atoms with Crippen LogP contribution in [0.4, 0.5) is 17.1 Å². The summed E-state index contributed by atoms with van der Waals surface area (Å²) < 4.78 is 0. The number of amides is 2. The molecule has 3 N–H and O–H groups in total. The number of carbonyl (C=O) groups excluding carboxylic acids is 2. The minimum Gasteiger partial charge on any atom is -0.326 e. The maximum absolute atomic E-state index is 12.5. The highest BCUT2D eigenvalue weighted by Crippen LogP contribution is 2.24. The van der Waals surface area contributed by atoms with Crippen LogP contribution in [0.15, 0.2) is 58.5 Å². The number of aromatic nitrogens is 3. The zero-order chi connectivity index (χ0) is 22.4. The number of nitrogens with one attached hydrogen (secondary N) is 3. The molecule has 2 aromatic carbocycles. The number of rotatable bonds is 7. The molecule has 0 spiro atoms. The molecule has 0 radical (unpaired) electrons. The fraction of sp³-hybridized carbons (Fsp3) is 0.105. The molecule has 1 aromatic heterocycles. The molecule has 0 bridgehead atoms. The minimum absolute atomic E-state index is 0.0229. The summed E-state index contributed by atoms with van der Waals surface area (Å²) in [4.78, 5) is 48.7. The van der Waals surface area contributed by atoms with E-state index in [2.05, 4.69) is 25.8 Å². The van der Waals surface area contributed by atoms with Crippen LogP contribution >= 0.6 is 11.8 Å². The summed E-state index contributed by atoms with van der Waals surface area (Å²) in [6.45, 7) is 1.35. The summed E-state index contributed by atoms with van der Waals surface area (Å²) in [5.41, 5.74) is 0.460. The van der Waals surface area contributed by atoms with Gasteiger partial charge in [0.15, 0.2) is 10.9 Å². The molecule has 0 aliphatic rings. The van der Waals surface area contributed by atoms with Gasteiger partial charge in [0, 0.05) is 30.3 Å². The van der Waals surface area contributed by atoms with Crippen LogP contribution in [0.3, 0.4) is 0 Å². The molecule has 0 atom stereocenters. The number of para-hydroxylation sites is 1. The fourth-order valence-electron chi connectivity index (χ4n) is 2.58. The van der Waals surface area contributed by atoms with Crippen molar-refractivity contribution in [3.8, 4) is 11.3 Å². The van der Waals surface area contributed by atoms with Gasteiger partial charge in [0.05, 0.1) is 16.4 Å². The normalized spacial score (nSPS) is 10.4. The van der Waals surface area contributed by atoms with E-state index >= 15 is 0 Å². The third-order valence-corrected chi connectivity index (χ3v) is 4.71. The van der Waals surface area contributed by atoms with Gasteiger partial charge in [-0.3, -0.25) is 29.5 Å². The lowest BCUT2D eigenvalue weighted by Crippen LogP contribution is -2.18. The van der Waals surface area contributed by atoms with Crippen LogP contribution in [0.5, 0.6) is 0 Å². The van der Waals surface area contributed by atoms with Crippen LogP contribution in [0, 0.1) is 10.1 Å². The fourth-order valence-corrected chi connectivity index (χ4v) is 3.18. The molecule has 31 heavy (non-hydrogen) atoms. The first-order valence-electron chi connectivity index (χ1n) is 8.84. The van der Waals surface area contributed by atoms with E-state index in [9.17, 15) is 24.5 Å². The predicted octanol–water partition coefficient (Wildman–Crippen LogP) is 2.43. The summed E-state index contributed by atoms with van der Waals surface area (Å²) in [6, 6.07) is 12.2. The lowest BCUT2D eigenvalue weighted by Gasteiger charge is -2.08. The Balaban J connectivity index is 1.68. The van der Waals surface area contributed by atoms with Crippen LogP contribution in [0.1, 0.15) is 6.92 Å². The topological polar surface area (TPSA) is 160 Å². The van der Waals surface area contributed by atoms with Crippen molar-refractivity contribution in [2.75, 3.05) is 16.4 Å². The number of thioether (sulfide) groups is 1. The molecule has 0 fully saturated rings. The number of hydrogen-bond acceptors (Lipinski definition) is 8. The average Bonchev–Trinajstić information content (AvgIpc) is 2.73. The molecule has 3 rings (SSSR count). The molecule has 11 nitrogen and oxygen atoms in total. The molecule has 3 aromatic rings. The molecule has 0 saturated carbocycles. The largest absolute Gasteiger partial charge is 0.326 e. The maximum atomic E-state index is 12.5. The summed E-state index contributed by atoms with van der Waals surface area (Å²) in [7, 11) is 0. The Morgan fingerprint density at radius 2 is 1.90 bits per heavy atom. The molecular weight excluding hydrogens is 424 g/mol. The Bertz CT molecular complexity index is 1210. The van der Waals surface area contributed by atoms with Crippen molar-refractivity contribution in [2.45, 2.75) is 12.1 Å². The van der Waals surface area contributed by atoms with E-state index in [1.165, 1.54) is 31.2 Å². The van der Waals surface area contributed by atoms with Gasteiger partial charge in [0.1, 0.15) is 0 Å². The SMILES string of the molecule is CC(=O)Nc1ccccc1-c1nnc(SCC(=O)Nc2cccc([N+](=O)[O-])c2)[nH]c1=O. The van der Waals surface area contributed by atoms with Gasteiger partial charge in [0.2, 0.25) is 11.8 Å². The Morgan fingerprint density at radius 1 is 1.13 bits per heavy atom. The Labute approximate surface area is 179 Å². The summed E-state index contributed by atoms with van der Waals surface area (Å²) in [6.07, 6.45) is 0. The van der Waals surface area contributed by atoms with Gasteiger partial charge < -0.3 is 10.6 Å². The number of aromatic amines is 1. The second kappa shape index (κ2) is 9.63. The molecular formula is C19H16N6O5S. The van der Waals surface area contributed by atoms with Crippen molar-refractivity contribution in [3.05, 3.63) is 69.0 Å². The van der Waals surface area contributed by atoms with Crippen molar-refractivity contribution < 1.29 is 14.5 Å². The monoisotopic (exact) mass is 440 g/mol. The van der Waals surface area contributed by atoms with E-state index < -0.39 is 16.4 Å². The lowest BCUT2D eigenvalue weighted by molar-refractivity contribution is -0.384. The van der Waals surface area contributed by atoms with E-state index in [1.54, 1.807) is 24.3 Å². The van der Waals surface area contributed by atoms with E-state index in [1.807, 2.05) is 0 Å². The number of H-pyrrole nitrogens is 1. The van der Waals surface area contributed by atoms with Gasteiger partial charge in [-0.1, -0.05) is 36.0 Å². The molecule has 0 unspecified atom stereocenters. The van der Waals surface area contributed by atoms with Crippen molar-refractivity contribution in [1.29, 1.82) is 0 Å². The summed E-state index contributed by atoms with van der Waals surface area (Å²) in [5.74, 6) is -0.832. The number of nitrogens with zero attached hydrogens (tertiary/aromatic N) is 3. The zero-order valence-electron chi connectivity index (χ0n) is 16.1. The summed E-state index contributed by atoms with van der Waals surface area (Å²) in [5, 5.41) is 24.0. The van der Waals surface area contributed by atoms with Crippen LogP contribution in [-0.4, -0.2) is 37.7 Å². The number of anilines is 2. The van der Waals surface area contributed by atoms with Crippen LogP contribution in [0.25, 0.3) is 11.3 Å². The number of non-ortho nitro benzene ring substituents is 1. The number of nitro groups is 1. The third-order valence-electron chi connectivity index (χ3n) is 3.85. The first-order chi connectivity index (χ1) is 14.8. The zero-order valence-corrected chi connectivity index (χ0v) is 16.9. The smallest absolute Gasteiger partial charge is 0.278 e. The van der Waals surface area contributed by atoms with Crippen LogP contribution in [-0.2, 0) is 9.59 Å². The van der Waals surface area contributed by atoms with Gasteiger partial charge in [-0.25, -0.2) is 0 Å². The van der Waals surface area contributed by atoms with Crippen LogP contribution in [0.2, 0.25) is 0 Å². The molecule has 0 aliphatic heterocycles. The Kier molecular flexibility index (Phi) is 6.72. The quantitative estimate of drug-likeness (QED) is 0.287. The van der Waals surface area contributed by atoms with Gasteiger partial charge in [-0.05, 0) is 12.1 Å². The number of benzene rings is 2. The first kappa shape index (κ1) is 21.6. The maximum Gasteiger partial charge on any atom is 0.278 e. The first-order valence-corrected chi connectivity index (χ1v) is 9.83. The van der Waals surface area contributed by atoms with E-state index in [4.69, 9.17) is 0 Å². The molecule has 12 heteroatoms. The lowest BCUT2D eigenvalue weighted by atomic mass is 10.1. The molecule has 1 heterocycles. The molecule has 0 saturated heterocycles. The number of carbonyl (C=O) groups is 2. The van der Waals surface area contributed by atoms with Crippen molar-refractivity contribution in [3.63, 3.8) is 0 Å². The molecule has 2 amide bonds. The standard InChI is InChI=1S/C19H16N6O5S/c1-11(26)20-15-8-3-2-7-14(15)17-18(28)22-19(24-23-17)31-10-16(27)21-12-5-4-6-13(9-12)25(29)30/h2-9H,10H2,1H3,(H,20,26)(H,21,27)(H,22,24,28). The van der Waals surface area contributed by atoms with Gasteiger partial charge in [-0.15, -0.1) is 10.2 Å². The van der Waals surface area contributed by atoms with Gasteiger partial charge in [-0.2, -0.15) is 0 Å². The second-order valence-electron chi connectivity index (χ2n) is 6.18. The predicted molar refractivity (Wildman–Crippen MR) is 115 cm³/mol. The molecule has 158 valence electrons.